The van der Waals surface area contributed by atoms with Crippen molar-refractivity contribution in [3.05, 3.63) is 40.2 Å². The topological polar surface area (TPSA) is 98.5 Å². The fourth-order valence-electron chi connectivity index (χ4n) is 3.05. The van der Waals surface area contributed by atoms with E-state index in [2.05, 4.69) is 25.6 Å². The van der Waals surface area contributed by atoms with Crippen LogP contribution in [-0.4, -0.2) is 48.3 Å². The molecule has 3 rings (SSSR count). The number of benzene rings is 1. The van der Waals surface area contributed by atoms with Gasteiger partial charge in [0.25, 0.3) is 5.91 Å². The molecule has 1 aliphatic heterocycles. The number of nitrogens with one attached hydrogen (secondary N) is 2. The second kappa shape index (κ2) is 10.1. The molecule has 1 aromatic carbocycles. The normalized spacial score (nSPS) is 19.4. The number of aromatic nitrogens is 2. The number of piperidine rings is 1. The Bertz CT molecular complexity index is 960. The summed E-state index contributed by atoms with van der Waals surface area (Å²) in [5.41, 5.74) is -1.04. The van der Waals surface area contributed by atoms with Crippen molar-refractivity contribution in [2.24, 2.45) is 0 Å². The zero-order valence-corrected chi connectivity index (χ0v) is 17.4. The molecule has 0 bridgehead atoms. The van der Waals surface area contributed by atoms with Crippen LogP contribution in [0.15, 0.2) is 22.6 Å². The maximum absolute atomic E-state index is 12.8. The van der Waals surface area contributed by atoms with E-state index in [4.69, 9.17) is 20.8 Å². The van der Waals surface area contributed by atoms with Crippen molar-refractivity contribution in [2.45, 2.75) is 37.5 Å². The van der Waals surface area contributed by atoms with Gasteiger partial charge in [0.05, 0.1) is 23.2 Å². The van der Waals surface area contributed by atoms with Gasteiger partial charge in [0.1, 0.15) is 6.61 Å². The largest absolute Gasteiger partial charge is 0.522 e. The number of nitrogens with zero attached hydrogens (tertiary/aromatic N) is 2. The first-order valence-corrected chi connectivity index (χ1v) is 9.88. The average Bonchev–Trinajstić information content (AvgIpc) is 3.19. The Hall–Kier alpha value is -2.58. The number of hydrogen-bond acceptors (Lipinski definition) is 7. The van der Waals surface area contributed by atoms with E-state index >= 15 is 0 Å². The Labute approximate surface area is 187 Å². The predicted molar refractivity (Wildman–Crippen MR) is 99.5 cm³/mol. The van der Waals surface area contributed by atoms with Gasteiger partial charge in [0, 0.05) is 18.2 Å². The van der Waals surface area contributed by atoms with Crippen LogP contribution in [-0.2, 0) is 10.9 Å². The third-order valence-electron chi connectivity index (χ3n) is 4.58. The minimum absolute atomic E-state index is 0.0108. The number of rotatable bonds is 7. The second-order valence-electron chi connectivity index (χ2n) is 6.95. The number of ether oxygens (including phenoxy) is 2. The van der Waals surface area contributed by atoms with Crippen LogP contribution in [0.2, 0.25) is 5.02 Å². The molecule has 2 heterocycles. The standard InChI is InChI=1S/C18H17ClF6N4O4/c19-12-7-9(1-3-11(12)17(20,21)22)14(30)27-10-2-4-13(26-8-10)15-28-29-16(33-15)31-5-6-32-18(23,24)25/h1,3,7,10,13,26H,2,4-6,8H2,(H,27,30)/t10-,13+/m0/s1. The third kappa shape index (κ3) is 7.20. The highest BCUT2D eigenvalue weighted by Crippen LogP contribution is 2.35. The molecule has 1 aliphatic rings. The lowest BCUT2D eigenvalue weighted by Crippen LogP contribution is -2.46. The van der Waals surface area contributed by atoms with Crippen LogP contribution in [0.25, 0.3) is 0 Å². The molecule has 2 N–H and O–H groups in total. The molecule has 0 saturated carbocycles. The number of hydrogen-bond donors (Lipinski definition) is 2. The van der Waals surface area contributed by atoms with Gasteiger partial charge in [0.2, 0.25) is 5.89 Å². The number of amides is 1. The van der Waals surface area contributed by atoms with Crippen molar-refractivity contribution in [1.82, 2.24) is 20.8 Å². The smallest absolute Gasteiger partial charge is 0.447 e. The zero-order chi connectivity index (χ0) is 24.2. The number of carbonyl (C=O) groups excluding carboxylic acids is 1. The zero-order valence-electron chi connectivity index (χ0n) is 16.6. The molecular formula is C18H17ClF6N4O4. The lowest BCUT2D eigenvalue weighted by molar-refractivity contribution is -0.325. The first kappa shape index (κ1) is 25.1. The monoisotopic (exact) mass is 502 g/mol. The Morgan fingerprint density at radius 1 is 1.18 bits per heavy atom. The van der Waals surface area contributed by atoms with Crippen molar-refractivity contribution in [3.8, 4) is 6.08 Å². The first-order valence-electron chi connectivity index (χ1n) is 9.50. The SMILES string of the molecule is O=C(N[C@H]1CC[C@H](c2nnc(OCCOC(F)(F)F)o2)NC1)c1ccc(C(F)(F)F)c(Cl)c1. The van der Waals surface area contributed by atoms with Crippen LogP contribution in [0.3, 0.4) is 0 Å². The quantitative estimate of drug-likeness (QED) is 0.438. The van der Waals surface area contributed by atoms with E-state index in [1.807, 2.05) is 0 Å². The molecule has 15 heteroatoms. The van der Waals surface area contributed by atoms with E-state index in [1.165, 1.54) is 0 Å². The van der Waals surface area contributed by atoms with Crippen molar-refractivity contribution >= 4 is 17.5 Å². The molecule has 33 heavy (non-hydrogen) atoms. The molecule has 1 saturated heterocycles. The van der Waals surface area contributed by atoms with Gasteiger partial charge in [-0.15, -0.1) is 18.3 Å². The molecule has 0 aliphatic carbocycles. The molecule has 0 radical (unpaired) electrons. The summed E-state index contributed by atoms with van der Waals surface area (Å²) in [6.07, 6.45) is -8.76. The summed E-state index contributed by atoms with van der Waals surface area (Å²) in [5.74, 6) is -0.425. The fraction of sp³-hybridized carbons (Fsp3) is 0.500. The van der Waals surface area contributed by atoms with Crippen molar-refractivity contribution in [1.29, 1.82) is 0 Å². The van der Waals surface area contributed by atoms with E-state index in [9.17, 15) is 31.1 Å². The average molecular weight is 503 g/mol. The van der Waals surface area contributed by atoms with Crippen molar-refractivity contribution in [2.75, 3.05) is 19.8 Å². The lowest BCUT2D eigenvalue weighted by atomic mass is 10.00. The van der Waals surface area contributed by atoms with Crippen LogP contribution in [0.4, 0.5) is 26.3 Å². The summed E-state index contributed by atoms with van der Waals surface area (Å²) in [7, 11) is 0. The highest BCUT2D eigenvalue weighted by Gasteiger charge is 2.34. The molecule has 2 aromatic rings. The van der Waals surface area contributed by atoms with E-state index in [0.29, 0.717) is 19.4 Å². The Kier molecular flexibility index (Phi) is 7.69. The number of alkyl halides is 6. The number of carbonyl (C=O) groups is 1. The van der Waals surface area contributed by atoms with E-state index < -0.39 is 42.2 Å². The molecule has 2 atom stereocenters. The van der Waals surface area contributed by atoms with Crippen LogP contribution < -0.4 is 15.4 Å². The number of halogens is 7. The molecule has 182 valence electrons. The predicted octanol–water partition coefficient (Wildman–Crippen LogP) is 3.88. The molecule has 1 amide bonds. The van der Waals surface area contributed by atoms with Crippen LogP contribution >= 0.6 is 11.6 Å². The van der Waals surface area contributed by atoms with Crippen LogP contribution in [0, 0.1) is 0 Å². The van der Waals surface area contributed by atoms with E-state index in [1.54, 1.807) is 0 Å². The van der Waals surface area contributed by atoms with Gasteiger partial charge in [-0.3, -0.25) is 9.53 Å². The van der Waals surface area contributed by atoms with Crippen molar-refractivity contribution in [3.63, 3.8) is 0 Å². The van der Waals surface area contributed by atoms with Gasteiger partial charge in [0.15, 0.2) is 0 Å². The summed E-state index contributed by atoms with van der Waals surface area (Å²) in [5, 5.41) is 12.6. The van der Waals surface area contributed by atoms with Crippen LogP contribution in [0.1, 0.15) is 40.7 Å². The summed E-state index contributed by atoms with van der Waals surface area (Å²) in [6.45, 7) is -0.890. The van der Waals surface area contributed by atoms with E-state index in [0.717, 1.165) is 18.2 Å². The highest BCUT2D eigenvalue weighted by molar-refractivity contribution is 6.31. The minimum Gasteiger partial charge on any atom is -0.447 e. The summed E-state index contributed by atoms with van der Waals surface area (Å²) in [6, 6.07) is 2.04. The summed E-state index contributed by atoms with van der Waals surface area (Å²) < 4.78 is 87.8. The fourth-order valence-corrected chi connectivity index (χ4v) is 3.34. The van der Waals surface area contributed by atoms with Gasteiger partial charge in [-0.2, -0.15) is 13.2 Å². The second-order valence-corrected chi connectivity index (χ2v) is 7.36. The summed E-state index contributed by atoms with van der Waals surface area (Å²) >= 11 is 5.65. The maximum Gasteiger partial charge on any atom is 0.522 e. The van der Waals surface area contributed by atoms with Gasteiger partial charge in [-0.25, -0.2) is 0 Å². The Morgan fingerprint density at radius 3 is 2.55 bits per heavy atom. The maximum atomic E-state index is 12.8. The minimum atomic E-state index is -4.76. The molecule has 0 unspecified atom stereocenters. The van der Waals surface area contributed by atoms with Gasteiger partial charge in [-0.1, -0.05) is 16.7 Å². The van der Waals surface area contributed by atoms with Crippen molar-refractivity contribution < 1.29 is 45.0 Å². The first-order chi connectivity index (χ1) is 15.4. The lowest BCUT2D eigenvalue weighted by Gasteiger charge is -2.28. The Morgan fingerprint density at radius 2 is 1.94 bits per heavy atom. The van der Waals surface area contributed by atoms with Crippen LogP contribution in [0.5, 0.6) is 6.08 Å². The summed E-state index contributed by atoms with van der Waals surface area (Å²) in [4.78, 5) is 12.4. The third-order valence-corrected chi connectivity index (χ3v) is 4.89. The molecular weight excluding hydrogens is 486 g/mol. The highest BCUT2D eigenvalue weighted by atomic mass is 35.5. The molecule has 8 nitrogen and oxygen atoms in total. The van der Waals surface area contributed by atoms with Gasteiger partial charge in [-0.05, 0) is 31.0 Å². The van der Waals surface area contributed by atoms with E-state index in [-0.39, 0.29) is 29.6 Å². The molecule has 0 spiro atoms. The molecule has 1 fully saturated rings. The molecule has 1 aromatic heterocycles. The van der Waals surface area contributed by atoms with Gasteiger partial charge < -0.3 is 19.8 Å². The Balaban J connectivity index is 1.46. The van der Waals surface area contributed by atoms with Gasteiger partial charge >= 0.3 is 18.6 Å².